The molecule has 1 fully saturated rings. The van der Waals surface area contributed by atoms with Crippen molar-refractivity contribution in [1.82, 2.24) is 15.0 Å². The molecule has 1 aromatic heterocycles. The number of halogens is 2. The molecule has 0 bridgehead atoms. The van der Waals surface area contributed by atoms with Crippen LogP contribution in [-0.4, -0.2) is 59.2 Å². The normalized spacial score (nSPS) is 20.1. The van der Waals surface area contributed by atoms with Crippen molar-refractivity contribution in [2.75, 3.05) is 26.3 Å². The Balaban J connectivity index is 1.46. The van der Waals surface area contributed by atoms with Crippen molar-refractivity contribution in [3.8, 4) is 0 Å². The van der Waals surface area contributed by atoms with Crippen LogP contribution in [0, 0.1) is 11.6 Å². The lowest BCUT2D eigenvalue weighted by molar-refractivity contribution is -0.0412. The van der Waals surface area contributed by atoms with Crippen LogP contribution in [0.2, 0.25) is 0 Å². The highest BCUT2D eigenvalue weighted by Gasteiger charge is 2.37. The molecular formula is C22H24F2N4O5S. The molecular weight excluding hydrogens is 470 g/mol. The second kappa shape index (κ2) is 10.3. The number of hydrogen-bond donors (Lipinski definition) is 0. The van der Waals surface area contributed by atoms with Gasteiger partial charge in [0.1, 0.15) is 17.3 Å². The lowest BCUT2D eigenvalue weighted by Gasteiger charge is -2.39. The summed E-state index contributed by atoms with van der Waals surface area (Å²) in [7, 11) is 0. The maximum absolute atomic E-state index is 14.1. The fraction of sp³-hybridized carbons (Fsp3) is 0.455. The molecule has 0 spiro atoms. The van der Waals surface area contributed by atoms with Crippen LogP contribution >= 0.6 is 11.3 Å². The number of nitrogens with zero attached hydrogens (tertiary/aromatic N) is 4. The lowest BCUT2D eigenvalue weighted by atomic mass is 10.0. The largest absolute Gasteiger partial charge is 0.448 e. The Morgan fingerprint density at radius 3 is 2.50 bits per heavy atom. The molecule has 2 aliphatic heterocycles. The third-order valence-electron chi connectivity index (χ3n) is 5.49. The molecule has 2 aliphatic rings. The molecule has 0 N–H and O–H groups in total. The number of rotatable bonds is 5. The van der Waals surface area contributed by atoms with Gasteiger partial charge < -0.3 is 14.3 Å². The Bertz CT molecular complexity index is 1070. The molecule has 0 aliphatic carbocycles. The monoisotopic (exact) mass is 494 g/mol. The van der Waals surface area contributed by atoms with Crippen molar-refractivity contribution in [2.45, 2.75) is 38.7 Å². The van der Waals surface area contributed by atoms with Gasteiger partial charge in [-0.25, -0.2) is 33.4 Å². The minimum Gasteiger partial charge on any atom is -0.448 e. The summed E-state index contributed by atoms with van der Waals surface area (Å²) < 4.78 is 38.4. The van der Waals surface area contributed by atoms with Gasteiger partial charge >= 0.3 is 12.2 Å². The zero-order chi connectivity index (χ0) is 24.2. The van der Waals surface area contributed by atoms with Crippen LogP contribution in [0.15, 0.2) is 28.7 Å². The van der Waals surface area contributed by atoms with Crippen LogP contribution in [0.1, 0.15) is 55.0 Å². The molecule has 2 atom stereocenters. The molecule has 34 heavy (non-hydrogen) atoms. The number of hydrazine groups is 1. The van der Waals surface area contributed by atoms with Crippen LogP contribution < -0.4 is 0 Å². The molecule has 12 heteroatoms. The van der Waals surface area contributed by atoms with Crippen LogP contribution in [-0.2, 0) is 14.3 Å². The maximum atomic E-state index is 14.1. The number of amides is 2. The number of aromatic nitrogens is 1. The van der Waals surface area contributed by atoms with Gasteiger partial charge in [-0.05, 0) is 32.4 Å². The number of hydrogen-bond acceptors (Lipinski definition) is 8. The SMILES string of the molecule is CCOC(=O)N1CCC(c2nc(C3=NOC(c4c(F)cccc4F)C3)cs2)CN1C(=O)OCC. The van der Waals surface area contributed by atoms with E-state index in [0.29, 0.717) is 17.8 Å². The van der Waals surface area contributed by atoms with Crippen LogP contribution in [0.25, 0.3) is 0 Å². The lowest BCUT2D eigenvalue weighted by Crippen LogP contribution is -2.55. The molecule has 2 aromatic rings. The summed E-state index contributed by atoms with van der Waals surface area (Å²) in [5.74, 6) is -1.52. The molecule has 0 saturated carbocycles. The highest BCUT2D eigenvalue weighted by molar-refractivity contribution is 7.10. The first-order chi connectivity index (χ1) is 16.4. The highest BCUT2D eigenvalue weighted by Crippen LogP contribution is 2.35. The molecule has 4 rings (SSSR count). The van der Waals surface area contributed by atoms with E-state index in [1.165, 1.54) is 39.6 Å². The first kappa shape index (κ1) is 23.9. The number of carbonyl (C=O) groups excluding carboxylic acids is 2. The molecule has 1 aromatic carbocycles. The minimum atomic E-state index is -0.867. The van der Waals surface area contributed by atoms with E-state index in [2.05, 4.69) is 10.1 Å². The summed E-state index contributed by atoms with van der Waals surface area (Å²) in [6, 6.07) is 3.65. The zero-order valence-corrected chi connectivity index (χ0v) is 19.5. The predicted octanol–water partition coefficient (Wildman–Crippen LogP) is 4.61. The summed E-state index contributed by atoms with van der Waals surface area (Å²) in [5, 5.41) is 9.03. The van der Waals surface area contributed by atoms with Gasteiger partial charge in [-0.1, -0.05) is 11.2 Å². The van der Waals surface area contributed by atoms with E-state index in [1.54, 1.807) is 19.2 Å². The molecule has 182 valence electrons. The van der Waals surface area contributed by atoms with Crippen LogP contribution in [0.5, 0.6) is 0 Å². The molecule has 1 saturated heterocycles. The Hall–Kier alpha value is -3.28. The van der Waals surface area contributed by atoms with Gasteiger partial charge in [-0.3, -0.25) is 0 Å². The third kappa shape index (κ3) is 4.81. The molecule has 2 amide bonds. The fourth-order valence-corrected chi connectivity index (χ4v) is 4.82. The average molecular weight is 495 g/mol. The van der Waals surface area contributed by atoms with E-state index >= 15 is 0 Å². The van der Waals surface area contributed by atoms with E-state index in [-0.39, 0.29) is 44.2 Å². The number of oxime groups is 1. The molecule has 9 nitrogen and oxygen atoms in total. The summed E-state index contributed by atoms with van der Waals surface area (Å²) >= 11 is 1.38. The minimum absolute atomic E-state index is 0.142. The van der Waals surface area contributed by atoms with E-state index in [0.717, 1.165) is 5.01 Å². The van der Waals surface area contributed by atoms with Gasteiger partial charge in [0.05, 0.1) is 36.0 Å². The van der Waals surface area contributed by atoms with Crippen LogP contribution in [0.3, 0.4) is 0 Å². The van der Waals surface area contributed by atoms with Crippen molar-refractivity contribution in [3.63, 3.8) is 0 Å². The van der Waals surface area contributed by atoms with Gasteiger partial charge in [-0.15, -0.1) is 11.3 Å². The van der Waals surface area contributed by atoms with Gasteiger partial charge in [0.15, 0.2) is 6.10 Å². The topological polar surface area (TPSA) is 93.6 Å². The van der Waals surface area contributed by atoms with Crippen molar-refractivity contribution in [3.05, 3.63) is 51.5 Å². The molecule has 2 unspecified atom stereocenters. The third-order valence-corrected chi connectivity index (χ3v) is 6.50. The van der Waals surface area contributed by atoms with Crippen molar-refractivity contribution in [2.24, 2.45) is 5.16 Å². The fourth-order valence-electron chi connectivity index (χ4n) is 3.87. The second-order valence-electron chi connectivity index (χ2n) is 7.63. The van der Waals surface area contributed by atoms with Gasteiger partial charge in [0.2, 0.25) is 0 Å². The summed E-state index contributed by atoms with van der Waals surface area (Å²) in [4.78, 5) is 34.7. The van der Waals surface area contributed by atoms with E-state index in [4.69, 9.17) is 14.3 Å². The van der Waals surface area contributed by atoms with E-state index in [1.807, 2.05) is 0 Å². The summed E-state index contributed by atoms with van der Waals surface area (Å²) in [6.07, 6.45) is -1.38. The smallest absolute Gasteiger partial charge is 0.428 e. The molecule has 3 heterocycles. The Labute approximate surface area is 198 Å². The van der Waals surface area contributed by atoms with Crippen molar-refractivity contribution in [1.29, 1.82) is 0 Å². The van der Waals surface area contributed by atoms with Gasteiger partial charge in [-0.2, -0.15) is 0 Å². The molecule has 0 radical (unpaired) electrons. The van der Waals surface area contributed by atoms with E-state index < -0.39 is 29.9 Å². The summed E-state index contributed by atoms with van der Waals surface area (Å²) in [6.45, 7) is 4.18. The maximum Gasteiger partial charge on any atom is 0.428 e. The standard InChI is InChI=1S/C22H24F2N4O5S/c1-3-31-21(29)27-9-8-13(11-28(27)22(30)32-4-2)20-25-17(12-34-20)16-10-18(33-26-16)19-14(23)6-5-7-15(19)24/h5-7,12-13,18H,3-4,8-11H2,1-2H3. The number of carbonyl (C=O) groups is 2. The average Bonchev–Trinajstić information content (AvgIpc) is 3.49. The van der Waals surface area contributed by atoms with Gasteiger partial charge in [0.25, 0.3) is 0 Å². The van der Waals surface area contributed by atoms with Crippen LogP contribution in [0.4, 0.5) is 18.4 Å². The van der Waals surface area contributed by atoms with Gasteiger partial charge in [0, 0.05) is 24.3 Å². The highest BCUT2D eigenvalue weighted by atomic mass is 32.1. The Morgan fingerprint density at radius 1 is 1.15 bits per heavy atom. The van der Waals surface area contributed by atoms with E-state index in [9.17, 15) is 18.4 Å². The number of thiazole rings is 1. The zero-order valence-electron chi connectivity index (χ0n) is 18.7. The first-order valence-corrected chi connectivity index (χ1v) is 11.8. The number of benzene rings is 1. The van der Waals surface area contributed by atoms with Crippen molar-refractivity contribution < 1.29 is 32.7 Å². The van der Waals surface area contributed by atoms with Crippen molar-refractivity contribution >= 4 is 29.2 Å². The quantitative estimate of drug-likeness (QED) is 0.603. The number of ether oxygens (including phenoxy) is 2. The Kier molecular flexibility index (Phi) is 7.25. The second-order valence-corrected chi connectivity index (χ2v) is 8.52. The summed E-state index contributed by atoms with van der Waals surface area (Å²) in [5.41, 5.74) is 0.879. The Morgan fingerprint density at radius 2 is 1.82 bits per heavy atom. The predicted molar refractivity (Wildman–Crippen MR) is 118 cm³/mol. The first-order valence-electron chi connectivity index (χ1n) is 10.9.